The summed E-state index contributed by atoms with van der Waals surface area (Å²) in [5, 5.41) is 4.37. The highest BCUT2D eigenvalue weighted by atomic mass is 32.2. The molecule has 1 aromatic heterocycles. The topological polar surface area (TPSA) is 37.8 Å². The second kappa shape index (κ2) is 6.75. The molecular formula is C16H21N3S. The minimum atomic E-state index is 0.818. The zero-order valence-electron chi connectivity index (χ0n) is 12.5. The van der Waals surface area contributed by atoms with Crippen LogP contribution in [-0.2, 0) is 5.75 Å². The molecule has 0 saturated heterocycles. The van der Waals surface area contributed by atoms with Gasteiger partial charge in [-0.05, 0) is 38.8 Å². The van der Waals surface area contributed by atoms with Gasteiger partial charge in [-0.15, -0.1) is 11.8 Å². The largest absolute Gasteiger partial charge is 0.370 e. The lowest BCUT2D eigenvalue weighted by Gasteiger charge is -2.12. The van der Waals surface area contributed by atoms with Crippen LogP contribution in [0.2, 0.25) is 0 Å². The van der Waals surface area contributed by atoms with Gasteiger partial charge in [0.05, 0.1) is 0 Å². The fourth-order valence-corrected chi connectivity index (χ4v) is 3.13. The van der Waals surface area contributed by atoms with Crippen LogP contribution < -0.4 is 5.32 Å². The molecule has 0 saturated carbocycles. The van der Waals surface area contributed by atoms with E-state index in [1.54, 1.807) is 11.8 Å². The average molecular weight is 287 g/mol. The summed E-state index contributed by atoms with van der Waals surface area (Å²) in [5.74, 6) is 2.71. The van der Waals surface area contributed by atoms with Crippen LogP contribution in [0.15, 0.2) is 29.3 Å². The molecular weight excluding hydrogens is 266 g/mol. The van der Waals surface area contributed by atoms with Crippen LogP contribution in [0.5, 0.6) is 0 Å². The van der Waals surface area contributed by atoms with Crippen molar-refractivity contribution < 1.29 is 0 Å². The van der Waals surface area contributed by atoms with Crippen LogP contribution in [0.1, 0.15) is 29.4 Å². The number of hydrogen-bond donors (Lipinski definition) is 1. The van der Waals surface area contributed by atoms with Crippen molar-refractivity contribution in [2.24, 2.45) is 0 Å². The Hall–Kier alpha value is -1.55. The molecule has 0 atom stereocenters. The molecule has 1 N–H and O–H groups in total. The van der Waals surface area contributed by atoms with Gasteiger partial charge in [0.25, 0.3) is 0 Å². The van der Waals surface area contributed by atoms with E-state index in [-0.39, 0.29) is 0 Å². The Labute approximate surface area is 125 Å². The van der Waals surface area contributed by atoms with Crippen molar-refractivity contribution in [2.45, 2.75) is 38.5 Å². The van der Waals surface area contributed by atoms with E-state index in [1.165, 1.54) is 11.1 Å². The quantitative estimate of drug-likeness (QED) is 0.663. The van der Waals surface area contributed by atoms with Gasteiger partial charge in [-0.25, -0.2) is 9.97 Å². The molecule has 0 aliphatic rings. The molecule has 0 spiro atoms. The van der Waals surface area contributed by atoms with Crippen LogP contribution in [0.25, 0.3) is 0 Å². The molecule has 0 radical (unpaired) electrons. The Morgan fingerprint density at radius 3 is 2.55 bits per heavy atom. The van der Waals surface area contributed by atoms with Crippen LogP contribution in [0, 0.1) is 20.8 Å². The summed E-state index contributed by atoms with van der Waals surface area (Å²) in [6.45, 7) is 9.13. The van der Waals surface area contributed by atoms with Crippen molar-refractivity contribution in [1.29, 1.82) is 0 Å². The lowest BCUT2D eigenvalue weighted by Crippen LogP contribution is -2.05. The standard InChI is InChI=1S/C16H21N3S/c1-5-17-15-12(3)16(19-13(4)18-15)20-10-14-9-7-6-8-11(14)2/h6-9H,5,10H2,1-4H3,(H,17,18,19). The summed E-state index contributed by atoms with van der Waals surface area (Å²) < 4.78 is 0. The highest BCUT2D eigenvalue weighted by molar-refractivity contribution is 7.98. The number of nitrogens with zero attached hydrogens (tertiary/aromatic N) is 2. The van der Waals surface area contributed by atoms with E-state index >= 15 is 0 Å². The molecule has 4 heteroatoms. The maximum atomic E-state index is 4.57. The molecule has 20 heavy (non-hydrogen) atoms. The van der Waals surface area contributed by atoms with Crippen molar-refractivity contribution in [3.05, 3.63) is 46.8 Å². The predicted molar refractivity (Wildman–Crippen MR) is 86.4 cm³/mol. The summed E-state index contributed by atoms with van der Waals surface area (Å²) >= 11 is 1.78. The van der Waals surface area contributed by atoms with Crippen LogP contribution in [0.4, 0.5) is 5.82 Å². The molecule has 0 amide bonds. The first-order valence-electron chi connectivity index (χ1n) is 6.88. The SMILES string of the molecule is CCNc1nc(C)nc(SCc2ccccc2C)c1C. The average Bonchev–Trinajstić information content (AvgIpc) is 2.42. The zero-order chi connectivity index (χ0) is 14.5. The number of thioether (sulfide) groups is 1. The van der Waals surface area contributed by atoms with Gasteiger partial charge in [-0.3, -0.25) is 0 Å². The number of benzene rings is 1. The Kier molecular flexibility index (Phi) is 5.01. The summed E-state index contributed by atoms with van der Waals surface area (Å²) in [6, 6.07) is 8.49. The minimum Gasteiger partial charge on any atom is -0.370 e. The maximum Gasteiger partial charge on any atom is 0.133 e. The molecule has 1 heterocycles. The Morgan fingerprint density at radius 1 is 1.10 bits per heavy atom. The van der Waals surface area contributed by atoms with Gasteiger partial charge in [0.2, 0.25) is 0 Å². The van der Waals surface area contributed by atoms with Gasteiger partial charge in [0, 0.05) is 17.9 Å². The Morgan fingerprint density at radius 2 is 1.85 bits per heavy atom. The Bertz CT molecular complexity index is 596. The number of aromatic nitrogens is 2. The molecule has 0 bridgehead atoms. The fraction of sp³-hybridized carbons (Fsp3) is 0.375. The van der Waals surface area contributed by atoms with E-state index in [0.717, 1.165) is 34.5 Å². The van der Waals surface area contributed by atoms with Gasteiger partial charge in [-0.2, -0.15) is 0 Å². The molecule has 0 fully saturated rings. The molecule has 0 unspecified atom stereocenters. The van der Waals surface area contributed by atoms with Crippen molar-refractivity contribution in [3.8, 4) is 0 Å². The predicted octanol–water partition coefficient (Wildman–Crippen LogP) is 4.13. The molecule has 106 valence electrons. The normalized spacial score (nSPS) is 10.6. The van der Waals surface area contributed by atoms with E-state index < -0.39 is 0 Å². The van der Waals surface area contributed by atoms with E-state index in [4.69, 9.17) is 0 Å². The van der Waals surface area contributed by atoms with E-state index in [0.29, 0.717) is 0 Å². The van der Waals surface area contributed by atoms with E-state index in [9.17, 15) is 0 Å². The fourth-order valence-electron chi connectivity index (χ4n) is 2.00. The van der Waals surface area contributed by atoms with Crippen molar-refractivity contribution in [2.75, 3.05) is 11.9 Å². The molecule has 0 aliphatic heterocycles. The first-order chi connectivity index (χ1) is 9.61. The van der Waals surface area contributed by atoms with Gasteiger partial charge in [0.1, 0.15) is 16.7 Å². The first-order valence-corrected chi connectivity index (χ1v) is 7.86. The second-order valence-electron chi connectivity index (χ2n) is 4.80. The second-order valence-corrected chi connectivity index (χ2v) is 5.76. The molecule has 1 aromatic carbocycles. The van der Waals surface area contributed by atoms with Crippen molar-refractivity contribution in [1.82, 2.24) is 9.97 Å². The zero-order valence-corrected chi connectivity index (χ0v) is 13.3. The number of hydrogen-bond acceptors (Lipinski definition) is 4. The molecule has 3 nitrogen and oxygen atoms in total. The lowest BCUT2D eigenvalue weighted by molar-refractivity contribution is 0.932. The number of nitrogens with one attached hydrogen (secondary N) is 1. The maximum absolute atomic E-state index is 4.57. The summed E-state index contributed by atoms with van der Waals surface area (Å²) in [4.78, 5) is 9.03. The summed E-state index contributed by atoms with van der Waals surface area (Å²) in [7, 11) is 0. The van der Waals surface area contributed by atoms with Gasteiger partial charge in [0.15, 0.2) is 0 Å². The third-order valence-corrected chi connectivity index (χ3v) is 4.31. The van der Waals surface area contributed by atoms with Gasteiger partial charge >= 0.3 is 0 Å². The van der Waals surface area contributed by atoms with Crippen LogP contribution in [0.3, 0.4) is 0 Å². The third-order valence-electron chi connectivity index (χ3n) is 3.18. The van der Waals surface area contributed by atoms with Crippen LogP contribution in [-0.4, -0.2) is 16.5 Å². The minimum absolute atomic E-state index is 0.818. The van der Waals surface area contributed by atoms with Crippen molar-refractivity contribution in [3.63, 3.8) is 0 Å². The highest BCUT2D eigenvalue weighted by Crippen LogP contribution is 2.28. The first kappa shape index (κ1) is 14.9. The number of anilines is 1. The van der Waals surface area contributed by atoms with Crippen LogP contribution >= 0.6 is 11.8 Å². The van der Waals surface area contributed by atoms with Crippen molar-refractivity contribution >= 4 is 17.6 Å². The van der Waals surface area contributed by atoms with E-state index in [1.807, 2.05) is 6.92 Å². The smallest absolute Gasteiger partial charge is 0.133 e. The molecule has 0 aliphatic carbocycles. The summed E-state index contributed by atoms with van der Waals surface area (Å²) in [5.41, 5.74) is 3.82. The molecule has 2 rings (SSSR count). The molecule has 2 aromatic rings. The lowest BCUT2D eigenvalue weighted by atomic mass is 10.1. The number of rotatable bonds is 5. The third kappa shape index (κ3) is 3.51. The summed E-state index contributed by atoms with van der Waals surface area (Å²) in [6.07, 6.45) is 0. The van der Waals surface area contributed by atoms with Gasteiger partial charge < -0.3 is 5.32 Å². The Balaban J connectivity index is 2.19. The van der Waals surface area contributed by atoms with E-state index in [2.05, 4.69) is 60.3 Å². The van der Waals surface area contributed by atoms with Gasteiger partial charge in [-0.1, -0.05) is 24.3 Å². The monoisotopic (exact) mass is 287 g/mol. The highest BCUT2D eigenvalue weighted by Gasteiger charge is 2.09. The number of aryl methyl sites for hydroxylation is 2.